The maximum atomic E-state index is 14.7. The summed E-state index contributed by atoms with van der Waals surface area (Å²) >= 11 is 1.20. The van der Waals surface area contributed by atoms with Crippen LogP contribution in [0.2, 0.25) is 0 Å². The molecule has 0 unspecified atom stereocenters. The first-order valence-corrected chi connectivity index (χ1v) is 11.0. The van der Waals surface area contributed by atoms with Gasteiger partial charge in [-0.1, -0.05) is 18.6 Å². The van der Waals surface area contributed by atoms with E-state index in [-0.39, 0.29) is 11.7 Å². The minimum atomic E-state index is -0.462. The average molecular weight is 440 g/mol. The van der Waals surface area contributed by atoms with E-state index < -0.39 is 11.7 Å². The quantitative estimate of drug-likeness (QED) is 0.571. The van der Waals surface area contributed by atoms with Crippen molar-refractivity contribution in [2.24, 2.45) is 5.73 Å². The van der Waals surface area contributed by atoms with Gasteiger partial charge in [-0.25, -0.2) is 4.39 Å². The van der Waals surface area contributed by atoms with Gasteiger partial charge in [-0.05, 0) is 43.2 Å². The van der Waals surface area contributed by atoms with Gasteiger partial charge < -0.3 is 15.6 Å². The number of amides is 2. The molecular formula is C22H22FN5O2S. The fourth-order valence-electron chi connectivity index (χ4n) is 3.59. The molecule has 0 saturated carbocycles. The van der Waals surface area contributed by atoms with Crippen LogP contribution < -0.4 is 11.1 Å². The lowest BCUT2D eigenvalue weighted by molar-refractivity contribution is -0.115. The van der Waals surface area contributed by atoms with E-state index in [0.29, 0.717) is 27.5 Å². The minimum Gasteiger partial charge on any atom is -0.369 e. The van der Waals surface area contributed by atoms with Crippen molar-refractivity contribution in [2.75, 3.05) is 11.1 Å². The number of thioether (sulfide) groups is 1. The second kappa shape index (κ2) is 9.30. The van der Waals surface area contributed by atoms with Gasteiger partial charge in [-0.3, -0.25) is 9.59 Å². The average Bonchev–Trinajstić information content (AvgIpc) is 3.01. The minimum absolute atomic E-state index is 0.0724. The smallest absolute Gasteiger partial charge is 0.256 e. The number of halogens is 1. The van der Waals surface area contributed by atoms with Crippen LogP contribution in [-0.2, 0) is 17.8 Å². The molecule has 0 aliphatic carbocycles. The molecule has 31 heavy (non-hydrogen) atoms. The Hall–Kier alpha value is -3.20. The maximum Gasteiger partial charge on any atom is 0.256 e. The van der Waals surface area contributed by atoms with Gasteiger partial charge in [-0.15, -0.1) is 22.0 Å². The first kappa shape index (κ1) is 21.0. The molecule has 0 radical (unpaired) electrons. The summed E-state index contributed by atoms with van der Waals surface area (Å²) in [7, 11) is 0. The molecule has 3 aromatic rings. The number of anilines is 1. The molecule has 9 heteroatoms. The Labute approximate surface area is 183 Å². The molecule has 0 fully saturated rings. The van der Waals surface area contributed by atoms with Crippen LogP contribution in [0.1, 0.15) is 35.4 Å². The van der Waals surface area contributed by atoms with Crippen LogP contribution >= 0.6 is 11.8 Å². The Bertz CT molecular complexity index is 1130. The monoisotopic (exact) mass is 439 g/mol. The summed E-state index contributed by atoms with van der Waals surface area (Å²) in [5.41, 5.74) is 6.38. The van der Waals surface area contributed by atoms with E-state index in [1.54, 1.807) is 30.3 Å². The molecule has 2 amide bonds. The SMILES string of the molecule is NC(=O)CSc1ccccc1C(=O)Nc1ccc(F)c(-c2nnc3n2CCCCC3)c1. The van der Waals surface area contributed by atoms with Crippen molar-refractivity contribution in [3.8, 4) is 11.4 Å². The summed E-state index contributed by atoms with van der Waals surface area (Å²) < 4.78 is 16.6. The zero-order chi connectivity index (χ0) is 21.8. The number of nitrogens with one attached hydrogen (secondary N) is 1. The van der Waals surface area contributed by atoms with Crippen LogP contribution in [0, 0.1) is 5.82 Å². The van der Waals surface area contributed by atoms with Crippen molar-refractivity contribution in [2.45, 2.75) is 37.1 Å². The molecule has 0 spiro atoms. The predicted molar refractivity (Wildman–Crippen MR) is 117 cm³/mol. The number of benzene rings is 2. The Morgan fingerprint density at radius 2 is 1.97 bits per heavy atom. The second-order valence-electron chi connectivity index (χ2n) is 7.30. The Morgan fingerprint density at radius 3 is 2.81 bits per heavy atom. The van der Waals surface area contributed by atoms with Crippen LogP contribution in [0.15, 0.2) is 47.4 Å². The van der Waals surface area contributed by atoms with E-state index in [1.165, 1.54) is 23.9 Å². The third kappa shape index (κ3) is 4.77. The fraction of sp³-hybridized carbons (Fsp3) is 0.273. The van der Waals surface area contributed by atoms with Crippen molar-refractivity contribution in [3.63, 3.8) is 0 Å². The molecule has 0 saturated heterocycles. The number of primary amides is 1. The molecule has 160 valence electrons. The standard InChI is InChI=1S/C22H22FN5O2S/c23-17-10-9-14(12-16(17)21-27-26-20-8-2-1-5-11-28(20)21)25-22(30)15-6-3-4-7-18(15)31-13-19(24)29/h3-4,6-7,9-10,12H,1-2,5,8,11,13H2,(H2,24,29)(H,25,30). The summed E-state index contributed by atoms with van der Waals surface area (Å²) in [4.78, 5) is 24.6. The second-order valence-corrected chi connectivity index (χ2v) is 8.32. The highest BCUT2D eigenvalue weighted by Crippen LogP contribution is 2.28. The third-order valence-corrected chi connectivity index (χ3v) is 6.17. The number of hydrogen-bond acceptors (Lipinski definition) is 5. The third-order valence-electron chi connectivity index (χ3n) is 5.08. The molecule has 3 N–H and O–H groups in total. The first-order chi connectivity index (χ1) is 15.0. The molecule has 2 heterocycles. The number of fused-ring (bicyclic) bond motifs is 1. The number of aryl methyl sites for hydroxylation is 1. The van der Waals surface area contributed by atoms with Gasteiger partial charge in [-0.2, -0.15) is 0 Å². The van der Waals surface area contributed by atoms with Crippen molar-refractivity contribution in [1.29, 1.82) is 0 Å². The summed E-state index contributed by atoms with van der Waals surface area (Å²) in [6.07, 6.45) is 3.97. The van der Waals surface area contributed by atoms with Crippen molar-refractivity contribution >= 4 is 29.3 Å². The molecule has 0 atom stereocenters. The maximum absolute atomic E-state index is 14.7. The van der Waals surface area contributed by atoms with Crippen LogP contribution in [0.5, 0.6) is 0 Å². The largest absolute Gasteiger partial charge is 0.369 e. The molecule has 7 nitrogen and oxygen atoms in total. The zero-order valence-corrected chi connectivity index (χ0v) is 17.6. The lowest BCUT2D eigenvalue weighted by Gasteiger charge is -2.12. The highest BCUT2D eigenvalue weighted by atomic mass is 32.2. The van der Waals surface area contributed by atoms with Gasteiger partial charge in [0.15, 0.2) is 5.82 Å². The van der Waals surface area contributed by atoms with Gasteiger partial charge in [0.05, 0.1) is 16.9 Å². The van der Waals surface area contributed by atoms with Crippen LogP contribution in [0.4, 0.5) is 10.1 Å². The molecule has 0 bridgehead atoms. The first-order valence-electron chi connectivity index (χ1n) is 10.1. The summed E-state index contributed by atoms with van der Waals surface area (Å²) in [6.45, 7) is 0.748. The Balaban J connectivity index is 1.60. The molecule has 1 aliphatic rings. The highest BCUT2D eigenvalue weighted by Gasteiger charge is 2.20. The summed E-state index contributed by atoms with van der Waals surface area (Å²) in [5.74, 6) is 0.170. The van der Waals surface area contributed by atoms with Gasteiger partial charge in [0.1, 0.15) is 11.6 Å². The van der Waals surface area contributed by atoms with Gasteiger partial charge in [0.2, 0.25) is 5.91 Å². The van der Waals surface area contributed by atoms with Gasteiger partial charge in [0.25, 0.3) is 5.91 Å². The van der Waals surface area contributed by atoms with Gasteiger partial charge in [0, 0.05) is 23.5 Å². The molecule has 1 aliphatic heterocycles. The van der Waals surface area contributed by atoms with Crippen molar-refractivity contribution in [3.05, 3.63) is 59.7 Å². The number of nitrogens with two attached hydrogens (primary N) is 1. The number of rotatable bonds is 6. The molecule has 2 aromatic carbocycles. The van der Waals surface area contributed by atoms with E-state index >= 15 is 0 Å². The topological polar surface area (TPSA) is 103 Å². The van der Waals surface area contributed by atoms with E-state index in [1.807, 2.05) is 4.57 Å². The van der Waals surface area contributed by atoms with E-state index in [2.05, 4.69) is 15.5 Å². The highest BCUT2D eigenvalue weighted by molar-refractivity contribution is 8.00. The Kier molecular flexibility index (Phi) is 6.31. The molecule has 4 rings (SSSR count). The Morgan fingerprint density at radius 1 is 1.13 bits per heavy atom. The summed E-state index contributed by atoms with van der Waals surface area (Å²) in [6, 6.07) is 11.4. The van der Waals surface area contributed by atoms with E-state index in [0.717, 1.165) is 38.1 Å². The van der Waals surface area contributed by atoms with E-state index in [4.69, 9.17) is 5.73 Å². The number of aromatic nitrogens is 3. The van der Waals surface area contributed by atoms with Crippen molar-refractivity contribution < 1.29 is 14.0 Å². The normalized spacial score (nSPS) is 13.3. The van der Waals surface area contributed by atoms with E-state index in [9.17, 15) is 14.0 Å². The zero-order valence-electron chi connectivity index (χ0n) is 16.8. The van der Waals surface area contributed by atoms with Crippen LogP contribution in [-0.4, -0.2) is 32.3 Å². The van der Waals surface area contributed by atoms with Crippen LogP contribution in [0.3, 0.4) is 0 Å². The van der Waals surface area contributed by atoms with Crippen molar-refractivity contribution in [1.82, 2.24) is 14.8 Å². The van der Waals surface area contributed by atoms with Gasteiger partial charge >= 0.3 is 0 Å². The number of hydrogen-bond donors (Lipinski definition) is 2. The number of carbonyl (C=O) groups is 2. The number of carbonyl (C=O) groups excluding carboxylic acids is 2. The fourth-order valence-corrected chi connectivity index (χ4v) is 4.37. The lowest BCUT2D eigenvalue weighted by atomic mass is 10.1. The molecule has 1 aromatic heterocycles. The predicted octanol–water partition coefficient (Wildman–Crippen LogP) is 3.64. The summed E-state index contributed by atoms with van der Waals surface area (Å²) in [5, 5.41) is 11.3. The number of nitrogens with zero attached hydrogens (tertiary/aromatic N) is 3. The lowest BCUT2D eigenvalue weighted by Crippen LogP contribution is -2.15. The molecular weight excluding hydrogens is 417 g/mol. The van der Waals surface area contributed by atoms with Crippen LogP contribution in [0.25, 0.3) is 11.4 Å².